The molecule has 87 heavy (non-hydrogen) atoms. The standard InChI is InChI=1S/C82H58BN3O/c1-82(2,3)62-33-23-32-57(46-62)61-49-73(78-66-37-20-22-39-76(66)87-77(78)52-61)85-71-47-58(53-24-9-4-10-25-53)40-43-67(71)83-68-44-41-59(54-26-11-5-12-27-54)48-72(68)86(75-51-60(50-74(85)80(75)83)55-28-13-6-14-29-55)81-64(56-30-15-7-16-31-56)42-45-70-79(81)65-36-19-21-38-69(65)84(70)63-34-17-8-18-35-63/h4-52H,1-3H3/i4D,5D,9D,10D,11D,12D,24D,25D,26D,27D. The van der Waals surface area contributed by atoms with Gasteiger partial charge < -0.3 is 18.8 Å². The number of nitrogens with zero attached hydrogens (tertiary/aromatic N) is 3. The summed E-state index contributed by atoms with van der Waals surface area (Å²) in [6.45, 7) is 6.02. The third kappa shape index (κ3) is 8.14. The highest BCUT2D eigenvalue weighted by atomic mass is 16.3. The van der Waals surface area contributed by atoms with Crippen molar-refractivity contribution < 1.29 is 18.1 Å². The van der Waals surface area contributed by atoms with Gasteiger partial charge in [0.05, 0.1) is 41.5 Å². The van der Waals surface area contributed by atoms with E-state index in [2.05, 4.69) is 163 Å². The number of para-hydroxylation sites is 3. The highest BCUT2D eigenvalue weighted by Crippen LogP contribution is 2.54. The molecule has 0 aliphatic carbocycles. The molecule has 2 aliphatic heterocycles. The van der Waals surface area contributed by atoms with Crippen LogP contribution in [0.15, 0.2) is 301 Å². The molecule has 2 aromatic heterocycles. The summed E-state index contributed by atoms with van der Waals surface area (Å²) in [5.41, 5.74) is 18.8. The molecule has 0 N–H and O–H groups in total. The minimum absolute atomic E-state index is 0.0552. The van der Waals surface area contributed by atoms with Gasteiger partial charge in [-0.15, -0.1) is 0 Å². The fourth-order valence-corrected chi connectivity index (χ4v) is 13.7. The van der Waals surface area contributed by atoms with Gasteiger partial charge in [0.25, 0.3) is 6.71 Å². The molecule has 4 heterocycles. The lowest BCUT2D eigenvalue weighted by molar-refractivity contribution is 0.590. The van der Waals surface area contributed by atoms with Gasteiger partial charge in [-0.25, -0.2) is 0 Å². The van der Waals surface area contributed by atoms with E-state index in [1.54, 1.807) is 0 Å². The second kappa shape index (κ2) is 19.9. The third-order valence-corrected chi connectivity index (χ3v) is 17.7. The molecule has 0 fully saturated rings. The van der Waals surface area contributed by atoms with Crippen LogP contribution in [0.1, 0.15) is 40.0 Å². The van der Waals surface area contributed by atoms with Crippen molar-refractivity contribution >= 4 is 101 Å². The Morgan fingerprint density at radius 2 is 0.908 bits per heavy atom. The molecule has 5 heteroatoms. The van der Waals surface area contributed by atoms with E-state index in [9.17, 15) is 5.48 Å². The predicted octanol–water partition coefficient (Wildman–Crippen LogP) is 20.4. The molecule has 2 aliphatic rings. The Morgan fingerprint density at radius 3 is 1.59 bits per heavy atom. The Hall–Kier alpha value is -10.9. The lowest BCUT2D eigenvalue weighted by atomic mass is 9.33. The van der Waals surface area contributed by atoms with Gasteiger partial charge in [-0.05, 0) is 144 Å². The Balaban J connectivity index is 1.08. The number of fused-ring (bicyclic) bond motifs is 10. The Kier molecular flexibility index (Phi) is 9.41. The van der Waals surface area contributed by atoms with Crippen LogP contribution in [0.25, 0.3) is 105 Å². The van der Waals surface area contributed by atoms with E-state index < -0.39 is 43.0 Å². The number of aromatic nitrogens is 1. The number of hydrogen-bond donors (Lipinski definition) is 0. The maximum absolute atomic E-state index is 9.51. The highest BCUT2D eigenvalue weighted by molar-refractivity contribution is 7.00. The van der Waals surface area contributed by atoms with Gasteiger partial charge in [-0.1, -0.05) is 251 Å². The molecule has 0 bridgehead atoms. The summed E-state index contributed by atoms with van der Waals surface area (Å²) in [6.07, 6.45) is 0. The molecule has 13 aromatic carbocycles. The molecule has 15 aromatic rings. The highest BCUT2D eigenvalue weighted by Gasteiger charge is 2.45. The van der Waals surface area contributed by atoms with E-state index in [1.807, 2.05) is 109 Å². The summed E-state index contributed by atoms with van der Waals surface area (Å²) in [5, 5.41) is 3.65. The van der Waals surface area contributed by atoms with Gasteiger partial charge in [0.15, 0.2) is 0 Å². The van der Waals surface area contributed by atoms with Gasteiger partial charge in [0, 0.05) is 50.2 Å². The topological polar surface area (TPSA) is 24.6 Å². The average Bonchev–Trinajstić information content (AvgIpc) is 1.11. The van der Waals surface area contributed by atoms with Gasteiger partial charge >= 0.3 is 0 Å². The van der Waals surface area contributed by atoms with E-state index >= 15 is 0 Å². The maximum atomic E-state index is 9.51. The summed E-state index contributed by atoms with van der Waals surface area (Å²) in [5.74, 6) is 0. The smallest absolute Gasteiger partial charge is 0.252 e. The molecule has 0 spiro atoms. The summed E-state index contributed by atoms with van der Waals surface area (Å²) < 4.78 is 101. The zero-order valence-corrected chi connectivity index (χ0v) is 47.8. The van der Waals surface area contributed by atoms with Crippen LogP contribution < -0.4 is 26.2 Å². The van der Waals surface area contributed by atoms with E-state index in [0.717, 1.165) is 116 Å². The van der Waals surface area contributed by atoms with Crippen LogP contribution in [0, 0.1) is 0 Å². The molecule has 0 saturated heterocycles. The number of hydrogen-bond acceptors (Lipinski definition) is 3. The number of furan rings is 1. The van der Waals surface area contributed by atoms with E-state index in [-0.39, 0.29) is 40.7 Å². The minimum Gasteiger partial charge on any atom is -0.456 e. The first-order chi connectivity index (χ1) is 46.9. The van der Waals surface area contributed by atoms with Crippen molar-refractivity contribution in [3.05, 3.63) is 303 Å². The van der Waals surface area contributed by atoms with Crippen LogP contribution in [0.3, 0.4) is 0 Å². The SMILES string of the molecule is [2H]c1c([2H])c([2H])c(-c2ccc3c(c2)N(c2cc(-c4cccc(C(C)(C)C)c4)cc4oc5ccccc5c24)c2cc(-c4ccccc4)cc4c2B3c2ccc(-c3c([2H])c([2H])c([2H])c([2H])c3[2H])cc2N4c2c(-c3ccccc3)ccc3c2c2ccccc2n3-c2ccccc2)c([2H])c1[2H]. The monoisotopic (exact) mass is 1120 g/mol. The molecule has 4 nitrogen and oxygen atoms in total. The van der Waals surface area contributed by atoms with Crippen molar-refractivity contribution in [2.24, 2.45) is 0 Å². The molecule has 0 unspecified atom stereocenters. The van der Waals surface area contributed by atoms with Crippen LogP contribution in [0.4, 0.5) is 34.1 Å². The predicted molar refractivity (Wildman–Crippen MR) is 368 cm³/mol. The molecule has 410 valence electrons. The Morgan fingerprint density at radius 1 is 0.368 bits per heavy atom. The van der Waals surface area contributed by atoms with Crippen LogP contribution >= 0.6 is 0 Å². The zero-order valence-electron chi connectivity index (χ0n) is 57.8. The van der Waals surface area contributed by atoms with Crippen LogP contribution in [0.5, 0.6) is 0 Å². The number of anilines is 6. The second-order valence-corrected chi connectivity index (χ2v) is 23.7. The first-order valence-corrected chi connectivity index (χ1v) is 29.4. The molecule has 0 amide bonds. The summed E-state index contributed by atoms with van der Waals surface area (Å²) in [4.78, 5) is 4.67. The Labute approximate surface area is 521 Å². The quantitative estimate of drug-likeness (QED) is 0.142. The van der Waals surface area contributed by atoms with Crippen molar-refractivity contribution in [2.45, 2.75) is 26.2 Å². The lowest BCUT2D eigenvalue weighted by Gasteiger charge is -2.45. The average molecular weight is 1120 g/mol. The number of rotatable bonds is 8. The Bertz CT molecular complexity index is 5790. The first kappa shape index (κ1) is 41.2. The van der Waals surface area contributed by atoms with Crippen molar-refractivity contribution in [1.82, 2.24) is 4.57 Å². The van der Waals surface area contributed by atoms with Crippen LogP contribution in [0.2, 0.25) is 0 Å². The normalized spacial score (nSPS) is 14.3. The molecule has 17 rings (SSSR count). The van der Waals surface area contributed by atoms with Gasteiger partial charge in [0.2, 0.25) is 0 Å². The van der Waals surface area contributed by atoms with Crippen molar-refractivity contribution in [3.63, 3.8) is 0 Å². The lowest BCUT2D eigenvalue weighted by Crippen LogP contribution is -2.61. The third-order valence-electron chi connectivity index (χ3n) is 17.7. The fourth-order valence-electron chi connectivity index (χ4n) is 13.7. The number of benzene rings is 13. The molecular formula is C82H58BN3O. The summed E-state index contributed by atoms with van der Waals surface area (Å²) in [6, 6.07) is 77.2. The maximum Gasteiger partial charge on any atom is 0.252 e. The first-order valence-electron chi connectivity index (χ1n) is 34.4. The van der Waals surface area contributed by atoms with Crippen molar-refractivity contribution in [3.8, 4) is 61.3 Å². The molecular weight excluding hydrogens is 1050 g/mol. The van der Waals surface area contributed by atoms with Crippen molar-refractivity contribution in [1.29, 1.82) is 0 Å². The minimum atomic E-state index is -0.608. The molecule has 0 radical (unpaired) electrons. The summed E-state index contributed by atoms with van der Waals surface area (Å²) in [7, 11) is 0. The summed E-state index contributed by atoms with van der Waals surface area (Å²) >= 11 is 0. The fraction of sp³-hybridized carbons (Fsp3) is 0.0488. The zero-order chi connectivity index (χ0) is 66.6. The van der Waals surface area contributed by atoms with E-state index in [0.29, 0.717) is 33.7 Å². The van der Waals surface area contributed by atoms with Crippen LogP contribution in [-0.2, 0) is 5.41 Å². The van der Waals surface area contributed by atoms with Crippen molar-refractivity contribution in [2.75, 3.05) is 9.80 Å². The van der Waals surface area contributed by atoms with Gasteiger partial charge in [0.1, 0.15) is 11.2 Å². The largest absolute Gasteiger partial charge is 0.456 e. The second-order valence-electron chi connectivity index (χ2n) is 23.7. The molecule has 0 saturated carbocycles. The van der Waals surface area contributed by atoms with Crippen LogP contribution in [-0.4, -0.2) is 11.3 Å². The van der Waals surface area contributed by atoms with Gasteiger partial charge in [-0.3, -0.25) is 0 Å². The van der Waals surface area contributed by atoms with E-state index in [4.69, 9.17) is 12.6 Å². The van der Waals surface area contributed by atoms with E-state index in [1.165, 1.54) is 0 Å². The molecule has 0 atom stereocenters. The van der Waals surface area contributed by atoms with Gasteiger partial charge in [-0.2, -0.15) is 0 Å².